The summed E-state index contributed by atoms with van der Waals surface area (Å²) in [6.45, 7) is 2.20. The molecule has 108 valence electrons. The second-order valence-electron chi connectivity index (χ2n) is 4.92. The van der Waals surface area contributed by atoms with Gasteiger partial charge in [-0.2, -0.15) is 0 Å². The molecule has 0 fully saturated rings. The van der Waals surface area contributed by atoms with Crippen molar-refractivity contribution in [3.8, 4) is 0 Å². The number of hydrogen-bond acceptors (Lipinski definition) is 2. The van der Waals surface area contributed by atoms with Gasteiger partial charge in [-0.25, -0.2) is 0 Å². The quantitative estimate of drug-likeness (QED) is 0.442. The molecule has 0 heterocycles. The standard InChI is InChI=1S/C12H22N3.3ClH/c1-15(2,3)10-4-9-14-12-7-5-11(13)6-8-12;;;/h5-8,14H,4,9-10,13H2,1-3H3;3*1H/q+1;;;/p-1. The Kier molecular flexibility index (Phi) is 13.4. The van der Waals surface area contributed by atoms with Gasteiger partial charge in [-0.05, 0) is 24.3 Å². The summed E-state index contributed by atoms with van der Waals surface area (Å²) in [7, 11) is 6.63. The molecular formula is C12H24Cl3N3. The maximum absolute atomic E-state index is 5.61. The van der Waals surface area contributed by atoms with Crippen LogP contribution in [0.3, 0.4) is 0 Å². The van der Waals surface area contributed by atoms with Gasteiger partial charge < -0.3 is 27.9 Å². The third kappa shape index (κ3) is 10.8. The van der Waals surface area contributed by atoms with Crippen molar-refractivity contribution in [3.63, 3.8) is 0 Å². The van der Waals surface area contributed by atoms with Crippen LogP contribution in [0.15, 0.2) is 24.3 Å². The van der Waals surface area contributed by atoms with E-state index < -0.39 is 0 Å². The number of nitrogens with zero attached hydrogens (tertiary/aromatic N) is 1. The first kappa shape index (κ1) is 22.8. The van der Waals surface area contributed by atoms with Crippen molar-refractivity contribution in [2.45, 2.75) is 6.42 Å². The van der Waals surface area contributed by atoms with E-state index in [4.69, 9.17) is 5.73 Å². The summed E-state index contributed by atoms with van der Waals surface area (Å²) in [5, 5.41) is 3.38. The van der Waals surface area contributed by atoms with E-state index in [1.165, 1.54) is 13.0 Å². The van der Waals surface area contributed by atoms with Crippen LogP contribution in [0.4, 0.5) is 11.4 Å². The monoisotopic (exact) mass is 315 g/mol. The summed E-state index contributed by atoms with van der Waals surface area (Å²) >= 11 is 0. The Morgan fingerprint density at radius 2 is 1.56 bits per heavy atom. The first-order valence-electron chi connectivity index (χ1n) is 5.37. The van der Waals surface area contributed by atoms with Crippen molar-refractivity contribution < 1.29 is 16.9 Å². The average molecular weight is 317 g/mol. The fourth-order valence-electron chi connectivity index (χ4n) is 1.39. The second-order valence-corrected chi connectivity index (χ2v) is 4.92. The zero-order valence-electron chi connectivity index (χ0n) is 11.1. The van der Waals surface area contributed by atoms with Crippen LogP contribution in [0.25, 0.3) is 0 Å². The van der Waals surface area contributed by atoms with Gasteiger partial charge in [-0.1, -0.05) is 0 Å². The SMILES string of the molecule is C[N+](C)(C)CCCNc1ccc(N)cc1.Cl.Cl.[Cl-]. The molecule has 0 spiro atoms. The first-order chi connectivity index (χ1) is 6.97. The van der Waals surface area contributed by atoms with Gasteiger partial charge in [-0.15, -0.1) is 24.8 Å². The summed E-state index contributed by atoms with van der Waals surface area (Å²) in [5.41, 5.74) is 7.56. The van der Waals surface area contributed by atoms with Crippen molar-refractivity contribution in [3.05, 3.63) is 24.3 Å². The highest BCUT2D eigenvalue weighted by atomic mass is 35.5. The minimum atomic E-state index is 0. The van der Waals surface area contributed by atoms with E-state index in [-0.39, 0.29) is 37.2 Å². The Balaban J connectivity index is -0.000000750. The van der Waals surface area contributed by atoms with Gasteiger partial charge in [0.05, 0.1) is 27.7 Å². The van der Waals surface area contributed by atoms with Crippen LogP contribution in [-0.4, -0.2) is 38.7 Å². The molecule has 3 nitrogen and oxygen atoms in total. The number of anilines is 2. The smallest absolute Gasteiger partial charge is 0.0797 e. The lowest BCUT2D eigenvalue weighted by molar-refractivity contribution is -0.870. The largest absolute Gasteiger partial charge is 1.00 e. The van der Waals surface area contributed by atoms with E-state index in [1.54, 1.807) is 0 Å². The molecule has 1 rings (SSSR count). The third-order valence-electron chi connectivity index (χ3n) is 2.25. The van der Waals surface area contributed by atoms with E-state index in [1.807, 2.05) is 24.3 Å². The maximum atomic E-state index is 5.61. The van der Waals surface area contributed by atoms with Gasteiger partial charge in [0.1, 0.15) is 0 Å². The Labute approximate surface area is 129 Å². The zero-order valence-corrected chi connectivity index (χ0v) is 13.5. The second kappa shape index (κ2) is 10.6. The van der Waals surface area contributed by atoms with Crippen LogP contribution >= 0.6 is 24.8 Å². The summed E-state index contributed by atoms with van der Waals surface area (Å²) in [5.74, 6) is 0. The van der Waals surface area contributed by atoms with E-state index in [0.717, 1.165) is 22.4 Å². The molecule has 0 aliphatic carbocycles. The number of benzene rings is 1. The minimum absolute atomic E-state index is 0. The van der Waals surface area contributed by atoms with Crippen molar-refractivity contribution in [2.24, 2.45) is 0 Å². The van der Waals surface area contributed by atoms with Gasteiger partial charge in [0.15, 0.2) is 0 Å². The molecule has 18 heavy (non-hydrogen) atoms. The van der Waals surface area contributed by atoms with Gasteiger partial charge in [0.25, 0.3) is 0 Å². The zero-order chi connectivity index (χ0) is 11.3. The summed E-state index contributed by atoms with van der Waals surface area (Å²) in [6.07, 6.45) is 1.17. The Morgan fingerprint density at radius 1 is 1.06 bits per heavy atom. The lowest BCUT2D eigenvalue weighted by Crippen LogP contribution is -3.00. The van der Waals surface area contributed by atoms with Gasteiger partial charge in [-0.3, -0.25) is 0 Å². The molecule has 0 aromatic heterocycles. The van der Waals surface area contributed by atoms with Crippen LogP contribution in [-0.2, 0) is 0 Å². The van der Waals surface area contributed by atoms with E-state index in [9.17, 15) is 0 Å². The van der Waals surface area contributed by atoms with Crippen LogP contribution in [0.5, 0.6) is 0 Å². The number of rotatable bonds is 5. The van der Waals surface area contributed by atoms with Crippen LogP contribution in [0, 0.1) is 0 Å². The maximum Gasteiger partial charge on any atom is 0.0797 e. The first-order valence-corrected chi connectivity index (χ1v) is 5.37. The van der Waals surface area contributed by atoms with Gasteiger partial charge >= 0.3 is 0 Å². The molecular weight excluding hydrogens is 293 g/mol. The number of halogens is 3. The van der Waals surface area contributed by atoms with Crippen LogP contribution in [0.2, 0.25) is 0 Å². The fraction of sp³-hybridized carbons (Fsp3) is 0.500. The predicted molar refractivity (Wildman–Crippen MR) is 81.4 cm³/mol. The minimum Gasteiger partial charge on any atom is -1.00 e. The molecule has 3 N–H and O–H groups in total. The summed E-state index contributed by atoms with van der Waals surface area (Å²) < 4.78 is 1.02. The topological polar surface area (TPSA) is 38.0 Å². The lowest BCUT2D eigenvalue weighted by Gasteiger charge is -2.23. The Morgan fingerprint density at radius 3 is 2.00 bits per heavy atom. The molecule has 0 unspecified atom stereocenters. The molecule has 6 heteroatoms. The number of nitrogens with one attached hydrogen (secondary N) is 1. The normalized spacial score (nSPS) is 9.50. The van der Waals surface area contributed by atoms with Gasteiger partial charge in [0, 0.05) is 24.3 Å². The molecule has 1 aromatic rings. The van der Waals surface area contributed by atoms with Crippen molar-refractivity contribution in [2.75, 3.05) is 45.3 Å². The van der Waals surface area contributed by atoms with Crippen molar-refractivity contribution in [1.82, 2.24) is 0 Å². The number of nitrogen functional groups attached to an aromatic ring is 1. The van der Waals surface area contributed by atoms with E-state index in [0.29, 0.717) is 0 Å². The molecule has 0 saturated heterocycles. The van der Waals surface area contributed by atoms with Crippen molar-refractivity contribution in [1.29, 1.82) is 0 Å². The lowest BCUT2D eigenvalue weighted by atomic mass is 10.3. The molecule has 0 saturated carbocycles. The summed E-state index contributed by atoms with van der Waals surface area (Å²) in [4.78, 5) is 0. The van der Waals surface area contributed by atoms with Crippen molar-refractivity contribution >= 4 is 36.2 Å². The fourth-order valence-corrected chi connectivity index (χ4v) is 1.39. The van der Waals surface area contributed by atoms with E-state index >= 15 is 0 Å². The summed E-state index contributed by atoms with van der Waals surface area (Å²) in [6, 6.07) is 7.87. The van der Waals surface area contributed by atoms with E-state index in [2.05, 4.69) is 26.5 Å². The Bertz CT molecular complexity index is 296. The number of hydrogen-bond donors (Lipinski definition) is 2. The molecule has 1 aromatic carbocycles. The molecule has 0 radical (unpaired) electrons. The molecule has 0 aliphatic heterocycles. The highest BCUT2D eigenvalue weighted by Gasteiger charge is 2.04. The molecule has 0 atom stereocenters. The Hall–Kier alpha value is -0.350. The highest BCUT2D eigenvalue weighted by Crippen LogP contribution is 2.10. The van der Waals surface area contributed by atoms with Crippen LogP contribution < -0.4 is 23.5 Å². The molecule has 0 bridgehead atoms. The molecule has 0 amide bonds. The van der Waals surface area contributed by atoms with Crippen LogP contribution in [0.1, 0.15) is 6.42 Å². The highest BCUT2D eigenvalue weighted by molar-refractivity contribution is 5.85. The predicted octanol–water partition coefficient (Wildman–Crippen LogP) is -0.375. The number of quaternary nitrogens is 1. The third-order valence-corrected chi connectivity index (χ3v) is 2.25. The number of nitrogens with two attached hydrogens (primary N) is 1. The average Bonchev–Trinajstić information content (AvgIpc) is 2.14. The van der Waals surface area contributed by atoms with Gasteiger partial charge in [0.2, 0.25) is 0 Å². The molecule has 0 aliphatic rings.